The van der Waals surface area contributed by atoms with E-state index < -0.39 is 35.5 Å². The van der Waals surface area contributed by atoms with E-state index in [-0.39, 0.29) is 30.8 Å². The highest BCUT2D eigenvalue weighted by atomic mass is 16.2. The van der Waals surface area contributed by atoms with Gasteiger partial charge in [-0.3, -0.25) is 14.4 Å². The van der Waals surface area contributed by atoms with E-state index in [4.69, 9.17) is 5.73 Å². The topological polar surface area (TPSA) is 154 Å². The van der Waals surface area contributed by atoms with Crippen molar-refractivity contribution in [2.45, 2.75) is 96.8 Å². The summed E-state index contributed by atoms with van der Waals surface area (Å²) in [6.07, 6.45) is 3.89. The number of benzene rings is 2. The standard InChI is InChI=1S/C33H44N6O5/c1-21(2)18-27(29(41)35-23(4)19-28(34)40)39-30(42)33(16-8-5-9-17-33)38(32(39)44)20-24-12-14-25(15-13-24)36-31(43)37-26-11-7-6-10-22(26)3/h6-7,10-15,21,23,27H,5,8-9,16-20H2,1-4H3,(H2,34,40)(H,35,41)(H2,36,37,43). The third-order valence-corrected chi connectivity index (χ3v) is 8.40. The van der Waals surface area contributed by atoms with Gasteiger partial charge in [0.05, 0.1) is 0 Å². The molecular formula is C33H44N6O5. The molecule has 1 saturated heterocycles. The van der Waals surface area contributed by atoms with Crippen LogP contribution >= 0.6 is 0 Å². The number of hydrogen-bond acceptors (Lipinski definition) is 5. The van der Waals surface area contributed by atoms with E-state index in [0.717, 1.165) is 35.3 Å². The summed E-state index contributed by atoms with van der Waals surface area (Å²) in [6.45, 7) is 7.64. The van der Waals surface area contributed by atoms with E-state index in [1.807, 2.05) is 57.2 Å². The molecule has 2 atom stereocenters. The van der Waals surface area contributed by atoms with E-state index in [1.165, 1.54) is 0 Å². The molecule has 2 aromatic rings. The number of primary amides is 1. The second-order valence-electron chi connectivity index (χ2n) is 12.5. The molecule has 4 rings (SSSR count). The van der Waals surface area contributed by atoms with Crippen molar-refractivity contribution < 1.29 is 24.0 Å². The first-order chi connectivity index (χ1) is 20.9. The van der Waals surface area contributed by atoms with Crippen molar-refractivity contribution in [3.05, 3.63) is 59.7 Å². The van der Waals surface area contributed by atoms with Crippen molar-refractivity contribution >= 4 is 41.2 Å². The largest absolute Gasteiger partial charge is 0.370 e. The van der Waals surface area contributed by atoms with Gasteiger partial charge in [-0.15, -0.1) is 0 Å². The fourth-order valence-electron chi connectivity index (χ4n) is 6.20. The van der Waals surface area contributed by atoms with Gasteiger partial charge in [-0.25, -0.2) is 14.5 Å². The lowest BCUT2D eigenvalue weighted by Crippen LogP contribution is -2.54. The fraction of sp³-hybridized carbons (Fsp3) is 0.485. The van der Waals surface area contributed by atoms with Crippen LogP contribution in [0.4, 0.5) is 21.0 Å². The lowest BCUT2D eigenvalue weighted by atomic mass is 9.80. The van der Waals surface area contributed by atoms with Crippen LogP contribution in [-0.4, -0.2) is 57.2 Å². The van der Waals surface area contributed by atoms with Crippen LogP contribution < -0.4 is 21.7 Å². The molecule has 1 aliphatic heterocycles. The van der Waals surface area contributed by atoms with Crippen LogP contribution in [0.15, 0.2) is 48.5 Å². The number of imide groups is 1. The minimum Gasteiger partial charge on any atom is -0.370 e. The van der Waals surface area contributed by atoms with Gasteiger partial charge in [-0.1, -0.05) is 63.4 Å². The Kier molecular flexibility index (Phi) is 10.3. The Hall–Kier alpha value is -4.41. The predicted molar refractivity (Wildman–Crippen MR) is 169 cm³/mol. The van der Waals surface area contributed by atoms with Crippen molar-refractivity contribution in [1.82, 2.24) is 15.1 Å². The summed E-state index contributed by atoms with van der Waals surface area (Å²) in [4.78, 5) is 68.5. The summed E-state index contributed by atoms with van der Waals surface area (Å²) < 4.78 is 0. The van der Waals surface area contributed by atoms with E-state index in [2.05, 4.69) is 16.0 Å². The van der Waals surface area contributed by atoms with Gasteiger partial charge < -0.3 is 26.6 Å². The van der Waals surface area contributed by atoms with E-state index in [1.54, 1.807) is 24.0 Å². The molecule has 11 heteroatoms. The van der Waals surface area contributed by atoms with Crippen LogP contribution in [0.25, 0.3) is 0 Å². The molecule has 2 aromatic carbocycles. The zero-order chi connectivity index (χ0) is 32.0. The van der Waals surface area contributed by atoms with Crippen LogP contribution in [0.1, 0.15) is 76.8 Å². The Labute approximate surface area is 258 Å². The second kappa shape index (κ2) is 13.9. The summed E-state index contributed by atoms with van der Waals surface area (Å²) in [5.41, 5.74) is 7.32. The molecule has 7 amide bonds. The molecule has 2 fully saturated rings. The molecule has 0 bridgehead atoms. The summed E-state index contributed by atoms with van der Waals surface area (Å²) >= 11 is 0. The highest BCUT2D eigenvalue weighted by molar-refractivity contribution is 6.10. The first-order valence-corrected chi connectivity index (χ1v) is 15.4. The molecule has 1 saturated carbocycles. The van der Waals surface area contributed by atoms with Crippen molar-refractivity contribution in [1.29, 1.82) is 0 Å². The molecule has 5 N–H and O–H groups in total. The third-order valence-electron chi connectivity index (χ3n) is 8.40. The van der Waals surface area contributed by atoms with Crippen molar-refractivity contribution in [3.8, 4) is 0 Å². The summed E-state index contributed by atoms with van der Waals surface area (Å²) in [5.74, 6) is -1.33. The Morgan fingerprint density at radius 1 is 0.932 bits per heavy atom. The molecule has 2 unspecified atom stereocenters. The SMILES string of the molecule is Cc1ccccc1NC(=O)Nc1ccc(CN2C(=O)N(C(CC(C)C)C(=O)NC(C)CC(N)=O)C(=O)C23CCCCC3)cc1. The molecule has 1 heterocycles. The molecular weight excluding hydrogens is 560 g/mol. The average Bonchev–Trinajstić information content (AvgIpc) is 3.14. The minimum atomic E-state index is -1.02. The molecule has 44 heavy (non-hydrogen) atoms. The lowest BCUT2D eigenvalue weighted by Gasteiger charge is -2.38. The van der Waals surface area contributed by atoms with Gasteiger partial charge in [0.2, 0.25) is 11.8 Å². The fourth-order valence-corrected chi connectivity index (χ4v) is 6.20. The molecule has 236 valence electrons. The Morgan fingerprint density at radius 2 is 1.59 bits per heavy atom. The number of aryl methyl sites for hydroxylation is 1. The van der Waals surface area contributed by atoms with E-state index in [0.29, 0.717) is 30.6 Å². The molecule has 1 aliphatic carbocycles. The maximum absolute atomic E-state index is 14.2. The lowest BCUT2D eigenvalue weighted by molar-refractivity contribution is -0.141. The Morgan fingerprint density at radius 3 is 2.20 bits per heavy atom. The number of amides is 7. The average molecular weight is 605 g/mol. The number of rotatable bonds is 11. The summed E-state index contributed by atoms with van der Waals surface area (Å²) in [6, 6.07) is 12.3. The molecule has 0 aromatic heterocycles. The van der Waals surface area contributed by atoms with Crippen LogP contribution in [0.2, 0.25) is 0 Å². The van der Waals surface area contributed by atoms with Crippen LogP contribution in [-0.2, 0) is 20.9 Å². The number of carbonyl (C=O) groups is 5. The maximum atomic E-state index is 14.2. The normalized spacial score (nSPS) is 17.5. The van der Waals surface area contributed by atoms with Gasteiger partial charge in [-0.05, 0) is 68.4 Å². The summed E-state index contributed by atoms with van der Waals surface area (Å²) in [5, 5.41) is 8.45. The van der Waals surface area contributed by atoms with Gasteiger partial charge in [-0.2, -0.15) is 0 Å². The van der Waals surface area contributed by atoms with Crippen LogP contribution in [0.3, 0.4) is 0 Å². The number of urea groups is 2. The Balaban J connectivity index is 1.54. The van der Waals surface area contributed by atoms with Gasteiger partial charge in [0.15, 0.2) is 0 Å². The van der Waals surface area contributed by atoms with Crippen LogP contribution in [0.5, 0.6) is 0 Å². The predicted octanol–water partition coefficient (Wildman–Crippen LogP) is 4.90. The third kappa shape index (κ3) is 7.38. The van der Waals surface area contributed by atoms with Gasteiger partial charge in [0.1, 0.15) is 11.6 Å². The van der Waals surface area contributed by atoms with E-state index >= 15 is 0 Å². The molecule has 0 radical (unpaired) electrons. The Bertz CT molecular complexity index is 1390. The highest BCUT2D eigenvalue weighted by Gasteiger charge is 2.59. The molecule has 1 spiro atoms. The second-order valence-corrected chi connectivity index (χ2v) is 12.5. The molecule has 2 aliphatic rings. The number of hydrogen-bond donors (Lipinski definition) is 4. The first kappa shape index (κ1) is 32.5. The first-order valence-electron chi connectivity index (χ1n) is 15.4. The zero-order valence-corrected chi connectivity index (χ0v) is 26.0. The minimum absolute atomic E-state index is 0.0252. The number of nitrogens with zero attached hydrogens (tertiary/aromatic N) is 2. The van der Waals surface area contributed by atoms with E-state index in [9.17, 15) is 24.0 Å². The van der Waals surface area contributed by atoms with Crippen molar-refractivity contribution in [2.24, 2.45) is 11.7 Å². The van der Waals surface area contributed by atoms with Gasteiger partial charge >= 0.3 is 12.1 Å². The number of anilines is 2. The highest BCUT2D eigenvalue weighted by Crippen LogP contribution is 2.42. The number of carbonyl (C=O) groups excluding carboxylic acids is 5. The maximum Gasteiger partial charge on any atom is 0.328 e. The quantitative estimate of drug-likeness (QED) is 0.269. The monoisotopic (exact) mass is 604 g/mol. The zero-order valence-electron chi connectivity index (χ0n) is 26.0. The van der Waals surface area contributed by atoms with Gasteiger partial charge in [0.25, 0.3) is 5.91 Å². The van der Waals surface area contributed by atoms with Crippen LogP contribution in [0, 0.1) is 12.8 Å². The summed E-state index contributed by atoms with van der Waals surface area (Å²) in [7, 11) is 0. The van der Waals surface area contributed by atoms with Crippen molar-refractivity contribution in [2.75, 3.05) is 10.6 Å². The number of nitrogens with two attached hydrogens (primary N) is 1. The van der Waals surface area contributed by atoms with Crippen molar-refractivity contribution in [3.63, 3.8) is 0 Å². The smallest absolute Gasteiger partial charge is 0.328 e. The van der Waals surface area contributed by atoms with Gasteiger partial charge in [0, 0.05) is 30.4 Å². The number of para-hydroxylation sites is 1. The molecule has 11 nitrogen and oxygen atoms in total. The number of nitrogens with one attached hydrogen (secondary N) is 3.